The summed E-state index contributed by atoms with van der Waals surface area (Å²) in [6.45, 7) is 0. The summed E-state index contributed by atoms with van der Waals surface area (Å²) in [6, 6.07) is 1.77. The minimum absolute atomic E-state index is 0. The number of aryl methyl sites for hydroxylation is 1. The van der Waals surface area contributed by atoms with Crippen LogP contribution in [0.15, 0.2) is 27.6 Å². The molecule has 6 nitrogen and oxygen atoms in total. The quantitative estimate of drug-likeness (QED) is 0.550. The van der Waals surface area contributed by atoms with Gasteiger partial charge in [0.2, 0.25) is 0 Å². The van der Waals surface area contributed by atoms with Crippen molar-refractivity contribution in [2.45, 2.75) is 25.0 Å². The summed E-state index contributed by atoms with van der Waals surface area (Å²) in [7, 11) is 1.54. The summed E-state index contributed by atoms with van der Waals surface area (Å²) >= 11 is 0. The smallest absolute Gasteiger partial charge is 0.347 e. The zero-order chi connectivity index (χ0) is 15.7. The van der Waals surface area contributed by atoms with Gasteiger partial charge in [0.05, 0.1) is 30.2 Å². The monoisotopic (exact) mass is 387 g/mol. The number of ether oxygens (including phenoxy) is 3. The summed E-state index contributed by atoms with van der Waals surface area (Å²) in [5, 5.41) is 0.691. The molecule has 0 spiro atoms. The first-order chi connectivity index (χ1) is 11.2. The molecule has 7 heteroatoms. The van der Waals surface area contributed by atoms with Crippen LogP contribution in [0.25, 0.3) is 11.0 Å². The van der Waals surface area contributed by atoms with Crippen LogP contribution >= 0.6 is 0 Å². The number of carbonyl (C=O) groups excluding carboxylic acids is 1. The molecule has 1 aliphatic carbocycles. The predicted molar refractivity (Wildman–Crippen MR) is 84.8 cm³/mol. The summed E-state index contributed by atoms with van der Waals surface area (Å²) in [5.74, 6) is 0.826. The topological polar surface area (TPSA) is 75.0 Å². The molecule has 24 heavy (non-hydrogen) atoms. The van der Waals surface area contributed by atoms with Gasteiger partial charge >= 0.3 is 5.63 Å². The van der Waals surface area contributed by atoms with Crippen LogP contribution in [-0.4, -0.2) is 37.1 Å². The molecular formula is C17H12AsO6. The molecule has 2 atom stereocenters. The number of hydrogen-bond donors (Lipinski definition) is 0. The molecule has 1 aromatic carbocycles. The van der Waals surface area contributed by atoms with Crippen molar-refractivity contribution in [1.82, 2.24) is 0 Å². The van der Waals surface area contributed by atoms with E-state index < -0.39 is 11.9 Å². The number of fused-ring (bicyclic) bond motifs is 7. The van der Waals surface area contributed by atoms with E-state index in [2.05, 4.69) is 0 Å². The van der Waals surface area contributed by atoms with E-state index in [1.807, 2.05) is 6.08 Å². The van der Waals surface area contributed by atoms with Gasteiger partial charge in [-0.2, -0.15) is 0 Å². The van der Waals surface area contributed by atoms with Gasteiger partial charge in [-0.15, -0.1) is 0 Å². The fourth-order valence-electron chi connectivity index (χ4n) is 3.72. The average molecular weight is 387 g/mol. The zero-order valence-corrected chi connectivity index (χ0v) is 14.6. The minimum Gasteiger partial charge on any atom is -0.496 e. The van der Waals surface area contributed by atoms with Gasteiger partial charge in [-0.3, -0.25) is 4.79 Å². The Morgan fingerprint density at radius 3 is 2.88 bits per heavy atom. The fourth-order valence-corrected chi connectivity index (χ4v) is 3.72. The van der Waals surface area contributed by atoms with Crippen molar-refractivity contribution < 1.29 is 23.4 Å². The first-order valence-electron chi connectivity index (χ1n) is 7.41. The fraction of sp³-hybridized carbons (Fsp3) is 0.294. The Kier molecular flexibility index (Phi) is 3.29. The largest absolute Gasteiger partial charge is 0.496 e. The van der Waals surface area contributed by atoms with Crippen LogP contribution in [0.5, 0.6) is 11.5 Å². The summed E-state index contributed by atoms with van der Waals surface area (Å²) in [6.07, 6.45) is 3.86. The maximum Gasteiger partial charge on any atom is 0.347 e. The summed E-state index contributed by atoms with van der Waals surface area (Å²) in [5.41, 5.74) is 1.49. The van der Waals surface area contributed by atoms with Crippen LogP contribution in [-0.2, 0) is 11.2 Å². The first kappa shape index (κ1) is 15.3. The van der Waals surface area contributed by atoms with Crippen molar-refractivity contribution in [2.75, 3.05) is 7.11 Å². The Bertz CT molecular complexity index is 973. The number of Topliss-reactive ketones (excluding diaryl/α,β-unsaturated/α-hetero) is 1. The molecule has 3 aliphatic rings. The van der Waals surface area contributed by atoms with Crippen LogP contribution < -0.4 is 15.1 Å². The van der Waals surface area contributed by atoms with Crippen LogP contribution in [0.3, 0.4) is 0 Å². The van der Waals surface area contributed by atoms with E-state index in [0.717, 1.165) is 5.56 Å². The molecule has 0 N–H and O–H groups in total. The van der Waals surface area contributed by atoms with Crippen molar-refractivity contribution in [2.24, 2.45) is 0 Å². The van der Waals surface area contributed by atoms with E-state index in [-0.39, 0.29) is 35.2 Å². The van der Waals surface area contributed by atoms with Crippen molar-refractivity contribution in [1.29, 1.82) is 0 Å². The van der Waals surface area contributed by atoms with Gasteiger partial charge in [0, 0.05) is 30.4 Å². The van der Waals surface area contributed by atoms with Crippen LogP contribution in [0.4, 0.5) is 0 Å². The Hall–Kier alpha value is -2.20. The van der Waals surface area contributed by atoms with Crippen molar-refractivity contribution >= 4 is 34.7 Å². The standard InChI is InChI=1S/C17H12O6.As/c1-20-10-6-11-14(8-4-5-21-17(8)22-11)15-13(10)7-2-3-9(18)12(7)16(19)23-15;/h4-6,8,17H,2-3H2,1H3;/t8-,17+;/m0./s1. The predicted octanol–water partition coefficient (Wildman–Crippen LogP) is 1.90. The Balaban J connectivity index is 0.00000146. The third-order valence-corrected chi connectivity index (χ3v) is 4.72. The van der Waals surface area contributed by atoms with E-state index in [4.69, 9.17) is 18.6 Å². The second-order valence-corrected chi connectivity index (χ2v) is 5.84. The SMILES string of the molecule is COc1cc2c(c3oc(=O)c4c(c13)CCC4=O)[C@@H]1C=CO[C@@H]1O2.[As]. The molecule has 0 unspecified atom stereocenters. The number of rotatable bonds is 1. The second kappa shape index (κ2) is 5.15. The Morgan fingerprint density at radius 2 is 2.08 bits per heavy atom. The average Bonchev–Trinajstić information content (AvgIpc) is 3.20. The maximum absolute atomic E-state index is 12.3. The van der Waals surface area contributed by atoms with Crippen molar-refractivity contribution in [3.63, 3.8) is 0 Å². The molecule has 2 aliphatic heterocycles. The molecule has 2 aromatic rings. The van der Waals surface area contributed by atoms with E-state index in [9.17, 15) is 9.59 Å². The molecule has 121 valence electrons. The van der Waals surface area contributed by atoms with Gasteiger partial charge < -0.3 is 18.6 Å². The number of methoxy groups -OCH3 is 1. The normalized spacial score (nSPS) is 22.5. The molecule has 0 amide bonds. The molecule has 5 rings (SSSR count). The molecule has 1 aromatic heterocycles. The maximum atomic E-state index is 12.3. The van der Waals surface area contributed by atoms with Crippen LogP contribution in [0.1, 0.15) is 33.8 Å². The summed E-state index contributed by atoms with van der Waals surface area (Å²) < 4.78 is 22.2. The van der Waals surface area contributed by atoms with E-state index in [0.29, 0.717) is 40.9 Å². The molecule has 3 radical (unpaired) electrons. The number of carbonyl (C=O) groups is 1. The van der Waals surface area contributed by atoms with Crippen LogP contribution in [0.2, 0.25) is 0 Å². The number of benzene rings is 1. The van der Waals surface area contributed by atoms with Crippen molar-refractivity contribution in [3.05, 3.63) is 45.5 Å². The third kappa shape index (κ3) is 1.77. The zero-order valence-electron chi connectivity index (χ0n) is 12.7. The molecular weight excluding hydrogens is 375 g/mol. The molecule has 0 saturated heterocycles. The van der Waals surface area contributed by atoms with Gasteiger partial charge in [0.25, 0.3) is 6.29 Å². The Morgan fingerprint density at radius 1 is 1.25 bits per heavy atom. The van der Waals surface area contributed by atoms with Gasteiger partial charge in [-0.05, 0) is 18.1 Å². The van der Waals surface area contributed by atoms with Crippen molar-refractivity contribution in [3.8, 4) is 11.5 Å². The van der Waals surface area contributed by atoms with E-state index in [1.165, 1.54) is 0 Å². The van der Waals surface area contributed by atoms with Crippen LogP contribution in [0, 0.1) is 0 Å². The molecule has 0 bridgehead atoms. The van der Waals surface area contributed by atoms with Gasteiger partial charge in [-0.1, -0.05) is 0 Å². The molecule has 0 saturated carbocycles. The summed E-state index contributed by atoms with van der Waals surface area (Å²) in [4.78, 5) is 24.3. The number of hydrogen-bond acceptors (Lipinski definition) is 6. The number of ketones is 1. The van der Waals surface area contributed by atoms with Gasteiger partial charge in [0.1, 0.15) is 22.6 Å². The Labute approximate surface area is 147 Å². The van der Waals surface area contributed by atoms with E-state index in [1.54, 1.807) is 19.4 Å². The first-order valence-corrected chi connectivity index (χ1v) is 7.41. The third-order valence-electron chi connectivity index (χ3n) is 4.72. The van der Waals surface area contributed by atoms with E-state index >= 15 is 0 Å². The minimum atomic E-state index is -0.586. The van der Waals surface area contributed by atoms with Gasteiger partial charge in [-0.25, -0.2) is 4.79 Å². The molecule has 3 heterocycles. The second-order valence-electron chi connectivity index (χ2n) is 5.84. The molecule has 0 fully saturated rings. The van der Waals surface area contributed by atoms with Gasteiger partial charge in [0.15, 0.2) is 5.78 Å².